The Kier molecular flexibility index (Phi) is 4.37. The molecule has 5 heteroatoms. The molecule has 0 aliphatic carbocycles. The zero-order chi connectivity index (χ0) is 16.2. The van der Waals surface area contributed by atoms with Gasteiger partial charge in [-0.25, -0.2) is 9.97 Å². The number of rotatable bonds is 5. The number of hydrogen-bond donors (Lipinski definition) is 1. The number of aromatic nitrogens is 4. The van der Waals surface area contributed by atoms with Gasteiger partial charge in [0.15, 0.2) is 0 Å². The fourth-order valence-corrected chi connectivity index (χ4v) is 2.52. The Bertz CT molecular complexity index is 807. The molecule has 3 rings (SSSR count). The fraction of sp³-hybridized carbons (Fsp3) is 0.278. The van der Waals surface area contributed by atoms with E-state index in [1.165, 1.54) is 11.1 Å². The van der Waals surface area contributed by atoms with Crippen molar-refractivity contribution in [3.63, 3.8) is 0 Å². The fourth-order valence-electron chi connectivity index (χ4n) is 2.52. The minimum Gasteiger partial charge on any atom is -0.366 e. The van der Waals surface area contributed by atoms with Crippen LogP contribution in [0.5, 0.6) is 0 Å². The van der Waals surface area contributed by atoms with Crippen LogP contribution in [0.25, 0.3) is 11.1 Å². The minimum absolute atomic E-state index is 0.730. The van der Waals surface area contributed by atoms with Crippen molar-refractivity contribution in [1.82, 2.24) is 19.7 Å². The van der Waals surface area contributed by atoms with Crippen molar-refractivity contribution < 1.29 is 0 Å². The second kappa shape index (κ2) is 6.60. The summed E-state index contributed by atoms with van der Waals surface area (Å²) in [6.45, 7) is 4.75. The number of benzene rings is 1. The molecular formula is C18H21N5. The summed E-state index contributed by atoms with van der Waals surface area (Å²) in [5.41, 5.74) is 4.57. The average Bonchev–Trinajstić information content (AvgIpc) is 2.99. The van der Waals surface area contributed by atoms with E-state index < -0.39 is 0 Å². The van der Waals surface area contributed by atoms with Crippen LogP contribution < -0.4 is 5.32 Å². The Hall–Kier alpha value is -2.69. The highest BCUT2D eigenvalue weighted by molar-refractivity contribution is 5.62. The lowest BCUT2D eigenvalue weighted by molar-refractivity contribution is 0.768. The first-order valence-corrected chi connectivity index (χ1v) is 7.80. The standard InChI is InChI=1S/C18H21N5/c1-4-17-9-18(22-13(2)21-17)19-10-14-6-5-7-15(8-14)16-11-20-23(3)12-16/h5-9,11-12H,4,10H2,1-3H3,(H,19,21,22). The molecule has 0 fully saturated rings. The summed E-state index contributed by atoms with van der Waals surface area (Å²) in [7, 11) is 1.93. The van der Waals surface area contributed by atoms with Crippen molar-refractivity contribution in [2.75, 3.05) is 5.32 Å². The predicted molar refractivity (Wildman–Crippen MR) is 92.1 cm³/mol. The molecular weight excluding hydrogens is 286 g/mol. The van der Waals surface area contributed by atoms with Gasteiger partial charge in [-0.15, -0.1) is 0 Å². The van der Waals surface area contributed by atoms with Crippen LogP contribution >= 0.6 is 0 Å². The van der Waals surface area contributed by atoms with Gasteiger partial charge in [-0.05, 0) is 30.5 Å². The Balaban J connectivity index is 1.75. The largest absolute Gasteiger partial charge is 0.366 e. The molecule has 3 aromatic rings. The van der Waals surface area contributed by atoms with Crippen molar-refractivity contribution in [2.24, 2.45) is 7.05 Å². The molecule has 1 N–H and O–H groups in total. The van der Waals surface area contributed by atoms with Gasteiger partial charge in [-0.1, -0.05) is 25.1 Å². The van der Waals surface area contributed by atoms with Crippen molar-refractivity contribution in [2.45, 2.75) is 26.8 Å². The van der Waals surface area contributed by atoms with E-state index in [9.17, 15) is 0 Å². The van der Waals surface area contributed by atoms with Gasteiger partial charge in [0, 0.05) is 37.1 Å². The third-order valence-corrected chi connectivity index (χ3v) is 3.69. The van der Waals surface area contributed by atoms with Crippen LogP contribution in [0.2, 0.25) is 0 Å². The molecule has 0 saturated heterocycles. The molecule has 0 bridgehead atoms. The van der Waals surface area contributed by atoms with E-state index in [-0.39, 0.29) is 0 Å². The van der Waals surface area contributed by atoms with Crippen LogP contribution in [0.4, 0.5) is 5.82 Å². The lowest BCUT2D eigenvalue weighted by atomic mass is 10.1. The van der Waals surface area contributed by atoms with E-state index in [4.69, 9.17) is 0 Å². The van der Waals surface area contributed by atoms with Crippen molar-refractivity contribution in [1.29, 1.82) is 0 Å². The smallest absolute Gasteiger partial charge is 0.130 e. The maximum atomic E-state index is 4.45. The molecule has 0 amide bonds. The number of aryl methyl sites for hydroxylation is 3. The highest BCUT2D eigenvalue weighted by Gasteiger charge is 2.03. The second-order valence-corrected chi connectivity index (χ2v) is 5.60. The van der Waals surface area contributed by atoms with Gasteiger partial charge in [-0.2, -0.15) is 5.10 Å². The Morgan fingerprint density at radius 3 is 2.74 bits per heavy atom. The van der Waals surface area contributed by atoms with E-state index in [0.29, 0.717) is 0 Å². The SMILES string of the molecule is CCc1cc(NCc2cccc(-c3cnn(C)c3)c2)nc(C)n1. The van der Waals surface area contributed by atoms with Crippen LogP contribution in [-0.4, -0.2) is 19.7 Å². The van der Waals surface area contributed by atoms with Gasteiger partial charge < -0.3 is 5.32 Å². The van der Waals surface area contributed by atoms with Crippen LogP contribution in [0, 0.1) is 6.92 Å². The van der Waals surface area contributed by atoms with Gasteiger partial charge >= 0.3 is 0 Å². The van der Waals surface area contributed by atoms with E-state index in [2.05, 4.69) is 51.6 Å². The summed E-state index contributed by atoms with van der Waals surface area (Å²) in [6.07, 6.45) is 4.82. The molecule has 0 unspecified atom stereocenters. The monoisotopic (exact) mass is 307 g/mol. The summed E-state index contributed by atoms with van der Waals surface area (Å²) in [6, 6.07) is 10.5. The lowest BCUT2D eigenvalue weighted by Gasteiger charge is -2.09. The molecule has 0 spiro atoms. The molecule has 23 heavy (non-hydrogen) atoms. The van der Waals surface area contributed by atoms with Gasteiger partial charge in [0.25, 0.3) is 0 Å². The Morgan fingerprint density at radius 2 is 2.00 bits per heavy atom. The van der Waals surface area contributed by atoms with E-state index in [1.807, 2.05) is 37.1 Å². The summed E-state index contributed by atoms with van der Waals surface area (Å²) < 4.78 is 1.82. The number of anilines is 1. The van der Waals surface area contributed by atoms with Gasteiger partial charge in [0.1, 0.15) is 11.6 Å². The van der Waals surface area contributed by atoms with Gasteiger partial charge in [0.05, 0.1) is 6.20 Å². The molecule has 0 atom stereocenters. The summed E-state index contributed by atoms with van der Waals surface area (Å²) >= 11 is 0. The third kappa shape index (κ3) is 3.74. The molecule has 5 nitrogen and oxygen atoms in total. The third-order valence-electron chi connectivity index (χ3n) is 3.69. The van der Waals surface area contributed by atoms with Gasteiger partial charge in [0.2, 0.25) is 0 Å². The first-order chi connectivity index (χ1) is 11.1. The normalized spacial score (nSPS) is 10.7. The van der Waals surface area contributed by atoms with Crippen molar-refractivity contribution >= 4 is 5.82 Å². The van der Waals surface area contributed by atoms with E-state index >= 15 is 0 Å². The zero-order valence-corrected chi connectivity index (χ0v) is 13.7. The molecule has 118 valence electrons. The van der Waals surface area contributed by atoms with Gasteiger partial charge in [-0.3, -0.25) is 4.68 Å². The molecule has 2 heterocycles. The first-order valence-electron chi connectivity index (χ1n) is 7.80. The van der Waals surface area contributed by atoms with Crippen LogP contribution in [0.1, 0.15) is 24.0 Å². The predicted octanol–water partition coefficient (Wildman–Crippen LogP) is 3.36. The summed E-state index contributed by atoms with van der Waals surface area (Å²) in [4.78, 5) is 8.85. The first kappa shape index (κ1) is 15.2. The maximum absolute atomic E-state index is 4.45. The molecule has 0 aliphatic heterocycles. The molecule has 0 saturated carbocycles. The average molecular weight is 307 g/mol. The van der Waals surface area contributed by atoms with Crippen LogP contribution in [0.15, 0.2) is 42.7 Å². The number of nitrogens with one attached hydrogen (secondary N) is 1. The molecule has 0 aliphatic rings. The maximum Gasteiger partial charge on any atom is 0.130 e. The Morgan fingerprint density at radius 1 is 1.13 bits per heavy atom. The molecule has 2 aromatic heterocycles. The topological polar surface area (TPSA) is 55.6 Å². The number of hydrogen-bond acceptors (Lipinski definition) is 4. The summed E-state index contributed by atoms with van der Waals surface area (Å²) in [5.74, 6) is 1.68. The second-order valence-electron chi connectivity index (χ2n) is 5.60. The van der Waals surface area contributed by atoms with Crippen LogP contribution in [0.3, 0.4) is 0 Å². The van der Waals surface area contributed by atoms with E-state index in [0.717, 1.165) is 35.9 Å². The van der Waals surface area contributed by atoms with Crippen LogP contribution in [-0.2, 0) is 20.0 Å². The minimum atomic E-state index is 0.730. The number of nitrogens with zero attached hydrogens (tertiary/aromatic N) is 4. The highest BCUT2D eigenvalue weighted by atomic mass is 15.2. The highest BCUT2D eigenvalue weighted by Crippen LogP contribution is 2.20. The molecule has 0 radical (unpaired) electrons. The molecule has 1 aromatic carbocycles. The summed E-state index contributed by atoms with van der Waals surface area (Å²) in [5, 5.41) is 7.62. The quantitative estimate of drug-likeness (QED) is 0.785. The van der Waals surface area contributed by atoms with Crippen molar-refractivity contribution in [3.05, 3.63) is 59.8 Å². The Labute approximate surface area is 136 Å². The lowest BCUT2D eigenvalue weighted by Crippen LogP contribution is -2.04. The zero-order valence-electron chi connectivity index (χ0n) is 13.7. The van der Waals surface area contributed by atoms with E-state index in [1.54, 1.807) is 0 Å². The van der Waals surface area contributed by atoms with Crippen molar-refractivity contribution in [3.8, 4) is 11.1 Å².